The van der Waals surface area contributed by atoms with E-state index in [9.17, 15) is 4.79 Å². The SMILES string of the molecule is CC(=O)NCCNc1nc(Cl)ncc1N. The lowest BCUT2D eigenvalue weighted by molar-refractivity contribution is -0.118. The van der Waals surface area contributed by atoms with Gasteiger partial charge in [-0.25, -0.2) is 4.98 Å². The number of nitrogen functional groups attached to an aromatic ring is 1. The summed E-state index contributed by atoms with van der Waals surface area (Å²) in [7, 11) is 0. The van der Waals surface area contributed by atoms with Crippen molar-refractivity contribution < 1.29 is 4.79 Å². The van der Waals surface area contributed by atoms with Crippen LogP contribution in [0.3, 0.4) is 0 Å². The quantitative estimate of drug-likeness (QED) is 0.509. The Labute approximate surface area is 92.2 Å². The molecular weight excluding hydrogens is 218 g/mol. The van der Waals surface area contributed by atoms with Crippen molar-refractivity contribution >= 4 is 29.0 Å². The van der Waals surface area contributed by atoms with Crippen molar-refractivity contribution in [2.45, 2.75) is 6.92 Å². The first-order valence-corrected chi connectivity index (χ1v) is 4.73. The average Bonchev–Trinajstić information content (AvgIpc) is 2.17. The fraction of sp³-hybridized carbons (Fsp3) is 0.375. The van der Waals surface area contributed by atoms with Crippen LogP contribution in [-0.4, -0.2) is 29.0 Å². The highest BCUT2D eigenvalue weighted by Crippen LogP contribution is 2.14. The van der Waals surface area contributed by atoms with Crippen LogP contribution in [0.15, 0.2) is 6.20 Å². The maximum absolute atomic E-state index is 10.6. The molecule has 0 aliphatic carbocycles. The van der Waals surface area contributed by atoms with E-state index in [2.05, 4.69) is 20.6 Å². The van der Waals surface area contributed by atoms with Gasteiger partial charge < -0.3 is 16.4 Å². The summed E-state index contributed by atoms with van der Waals surface area (Å²) in [6.07, 6.45) is 1.43. The smallest absolute Gasteiger partial charge is 0.224 e. The fourth-order valence-corrected chi connectivity index (χ4v) is 1.06. The summed E-state index contributed by atoms with van der Waals surface area (Å²) in [6, 6.07) is 0. The molecule has 0 bridgehead atoms. The number of amides is 1. The minimum Gasteiger partial charge on any atom is -0.394 e. The van der Waals surface area contributed by atoms with Gasteiger partial charge in [-0.1, -0.05) is 0 Å². The molecule has 0 fully saturated rings. The normalized spacial score (nSPS) is 9.73. The number of nitrogens with two attached hydrogens (primary N) is 1. The summed E-state index contributed by atoms with van der Waals surface area (Å²) in [6.45, 7) is 2.48. The second-order valence-electron chi connectivity index (χ2n) is 2.85. The van der Waals surface area contributed by atoms with Crippen molar-refractivity contribution in [3.8, 4) is 0 Å². The van der Waals surface area contributed by atoms with Crippen LogP contribution >= 0.6 is 11.6 Å². The molecule has 0 unspecified atom stereocenters. The number of nitrogens with one attached hydrogen (secondary N) is 2. The summed E-state index contributed by atoms with van der Waals surface area (Å²) in [5.74, 6) is 0.394. The van der Waals surface area contributed by atoms with Crippen LogP contribution in [0.4, 0.5) is 11.5 Å². The van der Waals surface area contributed by atoms with Crippen LogP contribution in [0.25, 0.3) is 0 Å². The van der Waals surface area contributed by atoms with Crippen LogP contribution in [0.5, 0.6) is 0 Å². The molecule has 0 aliphatic heterocycles. The van der Waals surface area contributed by atoms with Gasteiger partial charge in [0.1, 0.15) is 0 Å². The number of hydrogen-bond acceptors (Lipinski definition) is 5. The van der Waals surface area contributed by atoms with Crippen LogP contribution in [0, 0.1) is 0 Å². The second kappa shape index (κ2) is 5.35. The zero-order valence-corrected chi connectivity index (χ0v) is 9.01. The van der Waals surface area contributed by atoms with Gasteiger partial charge in [0, 0.05) is 20.0 Å². The molecule has 1 rings (SSSR count). The van der Waals surface area contributed by atoms with Crippen molar-refractivity contribution in [1.82, 2.24) is 15.3 Å². The number of anilines is 2. The summed E-state index contributed by atoms with van der Waals surface area (Å²) in [5, 5.41) is 5.70. The predicted molar refractivity (Wildman–Crippen MR) is 58.6 cm³/mol. The van der Waals surface area contributed by atoms with Crippen LogP contribution in [-0.2, 0) is 4.79 Å². The highest BCUT2D eigenvalue weighted by atomic mass is 35.5. The zero-order valence-electron chi connectivity index (χ0n) is 8.25. The van der Waals surface area contributed by atoms with E-state index in [1.54, 1.807) is 0 Å². The Morgan fingerprint density at radius 2 is 2.33 bits per heavy atom. The molecule has 1 aromatic heterocycles. The predicted octanol–water partition coefficient (Wildman–Crippen LogP) is 0.260. The highest BCUT2D eigenvalue weighted by molar-refractivity contribution is 6.28. The van der Waals surface area contributed by atoms with Crippen LogP contribution in [0.2, 0.25) is 5.28 Å². The molecule has 1 heterocycles. The van der Waals surface area contributed by atoms with E-state index >= 15 is 0 Å². The molecule has 6 nitrogen and oxygen atoms in total. The molecule has 0 aliphatic rings. The van der Waals surface area contributed by atoms with Gasteiger partial charge in [-0.05, 0) is 11.6 Å². The molecule has 0 saturated carbocycles. The summed E-state index contributed by atoms with van der Waals surface area (Å²) in [4.78, 5) is 18.2. The van der Waals surface area contributed by atoms with Gasteiger partial charge in [0.15, 0.2) is 5.82 Å². The van der Waals surface area contributed by atoms with Gasteiger partial charge in [-0.15, -0.1) is 0 Å². The molecule has 0 aromatic carbocycles. The second-order valence-corrected chi connectivity index (χ2v) is 3.19. The van der Waals surface area contributed by atoms with Crippen LogP contribution < -0.4 is 16.4 Å². The van der Waals surface area contributed by atoms with Crippen molar-refractivity contribution in [3.05, 3.63) is 11.5 Å². The molecule has 1 amide bonds. The third-order valence-corrected chi connectivity index (χ3v) is 1.76. The van der Waals surface area contributed by atoms with Crippen molar-refractivity contribution in [3.63, 3.8) is 0 Å². The standard InChI is InChI=1S/C8H12ClN5O/c1-5(15)11-2-3-12-7-6(10)4-13-8(9)14-7/h4H,2-3,10H2,1H3,(H,11,15)(H,12,13,14). The zero-order chi connectivity index (χ0) is 11.3. The van der Waals surface area contributed by atoms with E-state index in [0.717, 1.165) is 0 Å². The lowest BCUT2D eigenvalue weighted by Crippen LogP contribution is -2.26. The highest BCUT2D eigenvalue weighted by Gasteiger charge is 2.01. The summed E-state index contributed by atoms with van der Waals surface area (Å²) in [5.41, 5.74) is 6.02. The van der Waals surface area contributed by atoms with E-state index in [1.807, 2.05) is 0 Å². The Bertz CT molecular complexity index is 357. The van der Waals surface area contributed by atoms with E-state index in [4.69, 9.17) is 17.3 Å². The molecule has 1 aromatic rings. The van der Waals surface area contributed by atoms with Gasteiger partial charge >= 0.3 is 0 Å². The van der Waals surface area contributed by atoms with Gasteiger partial charge in [0.2, 0.25) is 11.2 Å². The Morgan fingerprint density at radius 1 is 1.60 bits per heavy atom. The number of carbonyl (C=O) groups is 1. The number of nitrogens with zero attached hydrogens (tertiary/aromatic N) is 2. The molecule has 82 valence electrons. The minimum atomic E-state index is -0.0782. The summed E-state index contributed by atoms with van der Waals surface area (Å²) >= 11 is 5.59. The fourth-order valence-electron chi connectivity index (χ4n) is 0.931. The summed E-state index contributed by atoms with van der Waals surface area (Å²) < 4.78 is 0. The van der Waals surface area contributed by atoms with Crippen LogP contribution in [0.1, 0.15) is 6.92 Å². The molecule has 0 atom stereocenters. The first-order chi connectivity index (χ1) is 7.09. The third-order valence-electron chi connectivity index (χ3n) is 1.58. The molecular formula is C8H12ClN5O. The van der Waals surface area contributed by atoms with Gasteiger partial charge in [0.05, 0.1) is 11.9 Å². The molecule has 4 N–H and O–H groups in total. The number of aromatic nitrogens is 2. The van der Waals surface area contributed by atoms with Crippen molar-refractivity contribution in [1.29, 1.82) is 0 Å². The van der Waals surface area contributed by atoms with E-state index < -0.39 is 0 Å². The molecule has 0 radical (unpaired) electrons. The van der Waals surface area contributed by atoms with Gasteiger partial charge in [-0.3, -0.25) is 4.79 Å². The lowest BCUT2D eigenvalue weighted by Gasteiger charge is -2.07. The molecule has 7 heteroatoms. The lowest BCUT2D eigenvalue weighted by atomic mass is 10.4. The minimum absolute atomic E-state index is 0.0782. The number of halogens is 1. The Hall–Kier alpha value is -1.56. The number of carbonyl (C=O) groups excluding carboxylic acids is 1. The van der Waals surface area contributed by atoms with E-state index in [1.165, 1.54) is 13.1 Å². The topological polar surface area (TPSA) is 92.9 Å². The Morgan fingerprint density at radius 3 is 3.00 bits per heavy atom. The van der Waals surface area contributed by atoms with Gasteiger partial charge in [0.25, 0.3) is 0 Å². The maximum atomic E-state index is 10.6. The number of rotatable bonds is 4. The van der Waals surface area contributed by atoms with Gasteiger partial charge in [-0.2, -0.15) is 4.98 Å². The van der Waals surface area contributed by atoms with Crippen molar-refractivity contribution in [2.75, 3.05) is 24.1 Å². The average molecular weight is 230 g/mol. The largest absolute Gasteiger partial charge is 0.394 e. The Kier molecular flexibility index (Phi) is 4.11. The number of hydrogen-bond donors (Lipinski definition) is 3. The van der Waals surface area contributed by atoms with E-state index in [0.29, 0.717) is 24.6 Å². The molecule has 15 heavy (non-hydrogen) atoms. The first kappa shape index (κ1) is 11.5. The molecule has 0 saturated heterocycles. The molecule has 0 spiro atoms. The third kappa shape index (κ3) is 3.99. The van der Waals surface area contributed by atoms with E-state index in [-0.39, 0.29) is 11.2 Å². The maximum Gasteiger partial charge on any atom is 0.224 e. The Balaban J connectivity index is 2.43. The monoisotopic (exact) mass is 229 g/mol. The van der Waals surface area contributed by atoms with Crippen molar-refractivity contribution in [2.24, 2.45) is 0 Å². The first-order valence-electron chi connectivity index (χ1n) is 4.36.